The normalized spacial score (nSPS) is 10.6. The number of nitrogens with one attached hydrogen (secondary N) is 1. The minimum Gasteiger partial charge on any atom is -0.249 e. The lowest BCUT2D eigenvalue weighted by Crippen LogP contribution is -2.16. The van der Waals surface area contributed by atoms with Crippen molar-refractivity contribution in [2.45, 2.75) is 13.8 Å². The monoisotopic (exact) mass is 267 g/mol. The summed E-state index contributed by atoms with van der Waals surface area (Å²) in [6, 6.07) is 3.95. The molecule has 4 nitrogen and oxygen atoms in total. The standard InChI is InChI=1S/C10H10BrN3O/c1-6-3-8(11)4-7(2)9(6)14-5-12-13-10(14)15/h3-5H,1-2H3,(H,13,15). The Kier molecular flexibility index (Phi) is 2.48. The molecule has 0 atom stereocenters. The lowest BCUT2D eigenvalue weighted by molar-refractivity contribution is 0.961. The fourth-order valence-corrected chi connectivity index (χ4v) is 2.38. The molecule has 0 amide bonds. The van der Waals surface area contributed by atoms with Gasteiger partial charge >= 0.3 is 5.69 Å². The third-order valence-corrected chi connectivity index (χ3v) is 2.71. The van der Waals surface area contributed by atoms with E-state index in [1.165, 1.54) is 10.9 Å². The molecule has 0 spiro atoms. The zero-order valence-electron chi connectivity index (χ0n) is 8.41. The predicted octanol–water partition coefficient (Wildman–Crippen LogP) is 1.94. The highest BCUT2D eigenvalue weighted by atomic mass is 79.9. The number of aromatic amines is 1. The largest absolute Gasteiger partial charge is 0.347 e. The molecule has 2 aromatic rings. The summed E-state index contributed by atoms with van der Waals surface area (Å²) >= 11 is 3.42. The van der Waals surface area contributed by atoms with Crippen molar-refractivity contribution < 1.29 is 0 Å². The highest BCUT2D eigenvalue weighted by Gasteiger charge is 2.08. The topological polar surface area (TPSA) is 50.7 Å². The molecule has 78 valence electrons. The van der Waals surface area contributed by atoms with Crippen molar-refractivity contribution in [2.24, 2.45) is 0 Å². The van der Waals surface area contributed by atoms with Gasteiger partial charge in [0.2, 0.25) is 0 Å². The van der Waals surface area contributed by atoms with E-state index in [4.69, 9.17) is 0 Å². The Bertz CT molecular complexity index is 533. The number of hydrogen-bond donors (Lipinski definition) is 1. The molecule has 15 heavy (non-hydrogen) atoms. The van der Waals surface area contributed by atoms with Gasteiger partial charge in [0.05, 0.1) is 5.69 Å². The Morgan fingerprint density at radius 3 is 2.40 bits per heavy atom. The van der Waals surface area contributed by atoms with Gasteiger partial charge in [-0.25, -0.2) is 14.5 Å². The van der Waals surface area contributed by atoms with E-state index in [0.717, 1.165) is 21.3 Å². The predicted molar refractivity (Wildman–Crippen MR) is 61.4 cm³/mol. The van der Waals surface area contributed by atoms with Crippen LogP contribution in [0.25, 0.3) is 5.69 Å². The van der Waals surface area contributed by atoms with Crippen LogP contribution in [0, 0.1) is 13.8 Å². The summed E-state index contributed by atoms with van der Waals surface area (Å²) in [4.78, 5) is 11.4. The van der Waals surface area contributed by atoms with Gasteiger partial charge < -0.3 is 0 Å². The highest BCUT2D eigenvalue weighted by Crippen LogP contribution is 2.22. The van der Waals surface area contributed by atoms with E-state index in [9.17, 15) is 4.79 Å². The maximum Gasteiger partial charge on any atom is 0.347 e. The maximum atomic E-state index is 11.4. The molecule has 0 radical (unpaired) electrons. The first-order chi connectivity index (χ1) is 7.09. The quantitative estimate of drug-likeness (QED) is 0.859. The van der Waals surface area contributed by atoms with Gasteiger partial charge in [-0.05, 0) is 37.1 Å². The van der Waals surface area contributed by atoms with Gasteiger partial charge in [0.25, 0.3) is 0 Å². The number of halogens is 1. The van der Waals surface area contributed by atoms with Gasteiger partial charge in [0.15, 0.2) is 0 Å². The van der Waals surface area contributed by atoms with E-state index in [2.05, 4.69) is 26.1 Å². The number of rotatable bonds is 1. The van der Waals surface area contributed by atoms with Crippen LogP contribution in [-0.2, 0) is 0 Å². The number of benzene rings is 1. The SMILES string of the molecule is Cc1cc(Br)cc(C)c1-n1cn[nH]c1=O. The first-order valence-electron chi connectivity index (χ1n) is 4.49. The molecule has 0 aliphatic carbocycles. The lowest BCUT2D eigenvalue weighted by Gasteiger charge is -2.09. The molecule has 0 unspecified atom stereocenters. The first kappa shape index (κ1) is 10.2. The fourth-order valence-electron chi connectivity index (χ4n) is 1.69. The molecule has 1 N–H and O–H groups in total. The second kappa shape index (κ2) is 3.66. The molecule has 1 heterocycles. The third-order valence-electron chi connectivity index (χ3n) is 2.25. The molecular weight excluding hydrogens is 258 g/mol. The van der Waals surface area contributed by atoms with E-state index in [1.54, 1.807) is 0 Å². The fraction of sp³-hybridized carbons (Fsp3) is 0.200. The number of aromatic nitrogens is 3. The molecule has 0 saturated heterocycles. The van der Waals surface area contributed by atoms with Crippen LogP contribution in [0.1, 0.15) is 11.1 Å². The molecule has 1 aromatic heterocycles. The molecule has 0 saturated carbocycles. The Labute approximate surface area is 95.1 Å². The number of H-pyrrole nitrogens is 1. The summed E-state index contributed by atoms with van der Waals surface area (Å²) < 4.78 is 2.52. The summed E-state index contributed by atoms with van der Waals surface area (Å²) in [6.45, 7) is 3.93. The van der Waals surface area contributed by atoms with Crippen LogP contribution in [-0.4, -0.2) is 14.8 Å². The van der Waals surface area contributed by atoms with Gasteiger partial charge in [-0.2, -0.15) is 5.10 Å². The van der Waals surface area contributed by atoms with Crippen LogP contribution in [0.3, 0.4) is 0 Å². The van der Waals surface area contributed by atoms with Crippen molar-refractivity contribution in [3.63, 3.8) is 0 Å². The molecule has 1 aromatic carbocycles. The molecule has 0 aliphatic heterocycles. The second-order valence-electron chi connectivity index (χ2n) is 3.42. The Hall–Kier alpha value is -1.36. The molecule has 0 fully saturated rings. The van der Waals surface area contributed by atoms with E-state index >= 15 is 0 Å². The van der Waals surface area contributed by atoms with E-state index in [1.807, 2.05) is 26.0 Å². The van der Waals surface area contributed by atoms with Crippen LogP contribution >= 0.6 is 15.9 Å². The highest BCUT2D eigenvalue weighted by molar-refractivity contribution is 9.10. The van der Waals surface area contributed by atoms with Crippen LogP contribution in [0.2, 0.25) is 0 Å². The van der Waals surface area contributed by atoms with Gasteiger partial charge in [-0.15, -0.1) is 0 Å². The maximum absolute atomic E-state index is 11.4. The first-order valence-corrected chi connectivity index (χ1v) is 5.28. The molecule has 0 bridgehead atoms. The van der Waals surface area contributed by atoms with Crippen molar-refractivity contribution >= 4 is 15.9 Å². The van der Waals surface area contributed by atoms with Crippen LogP contribution in [0.4, 0.5) is 0 Å². The van der Waals surface area contributed by atoms with E-state index in [-0.39, 0.29) is 5.69 Å². The number of nitrogens with zero attached hydrogens (tertiary/aromatic N) is 2. The van der Waals surface area contributed by atoms with Crippen molar-refractivity contribution in [3.05, 3.63) is 44.5 Å². The van der Waals surface area contributed by atoms with Crippen LogP contribution < -0.4 is 5.69 Å². The van der Waals surface area contributed by atoms with Crippen molar-refractivity contribution in [3.8, 4) is 5.69 Å². The van der Waals surface area contributed by atoms with Gasteiger partial charge in [0, 0.05) is 4.47 Å². The van der Waals surface area contributed by atoms with Crippen molar-refractivity contribution in [1.29, 1.82) is 0 Å². The lowest BCUT2D eigenvalue weighted by atomic mass is 10.1. The Balaban J connectivity index is 2.74. The zero-order chi connectivity index (χ0) is 11.0. The average molecular weight is 268 g/mol. The van der Waals surface area contributed by atoms with Crippen molar-refractivity contribution in [2.75, 3.05) is 0 Å². The summed E-state index contributed by atoms with van der Waals surface area (Å²) in [5.74, 6) is 0. The number of aryl methyl sites for hydroxylation is 2. The van der Waals surface area contributed by atoms with Crippen LogP contribution in [0.15, 0.2) is 27.7 Å². The number of hydrogen-bond acceptors (Lipinski definition) is 2. The average Bonchev–Trinajstić information content (AvgIpc) is 2.50. The van der Waals surface area contributed by atoms with E-state index in [0.29, 0.717) is 0 Å². The summed E-state index contributed by atoms with van der Waals surface area (Å²) in [5, 5.41) is 6.10. The Morgan fingerprint density at radius 1 is 1.33 bits per heavy atom. The second-order valence-corrected chi connectivity index (χ2v) is 4.34. The third kappa shape index (κ3) is 1.74. The van der Waals surface area contributed by atoms with Crippen molar-refractivity contribution in [1.82, 2.24) is 14.8 Å². The molecule has 2 rings (SSSR count). The molecule has 0 aliphatic rings. The van der Waals surface area contributed by atoms with Gasteiger partial charge in [-0.1, -0.05) is 15.9 Å². The Morgan fingerprint density at radius 2 is 1.93 bits per heavy atom. The summed E-state index contributed by atoms with van der Waals surface area (Å²) in [6.07, 6.45) is 1.49. The zero-order valence-corrected chi connectivity index (χ0v) is 10.00. The van der Waals surface area contributed by atoms with Gasteiger partial charge in [0.1, 0.15) is 6.33 Å². The van der Waals surface area contributed by atoms with Gasteiger partial charge in [-0.3, -0.25) is 0 Å². The summed E-state index contributed by atoms with van der Waals surface area (Å²) in [7, 11) is 0. The molecular formula is C10H10BrN3O. The minimum atomic E-state index is -0.219. The molecule has 5 heteroatoms. The minimum absolute atomic E-state index is 0.219. The summed E-state index contributed by atoms with van der Waals surface area (Å²) in [5.41, 5.74) is 2.73. The van der Waals surface area contributed by atoms with Crippen LogP contribution in [0.5, 0.6) is 0 Å². The smallest absolute Gasteiger partial charge is 0.249 e. The van der Waals surface area contributed by atoms with E-state index < -0.39 is 0 Å².